The summed E-state index contributed by atoms with van der Waals surface area (Å²) in [7, 11) is 0. The molecule has 198 valence electrons. The average Bonchev–Trinajstić information content (AvgIpc) is 3.04. The molecule has 0 aliphatic rings. The quantitative estimate of drug-likeness (QED) is 0.235. The van der Waals surface area contributed by atoms with E-state index in [2.05, 4.69) is 121 Å². The predicted octanol–water partition coefficient (Wildman–Crippen LogP) is 10.7. The Hall–Kier alpha value is -5.60. The summed E-state index contributed by atoms with van der Waals surface area (Å²) < 4.78 is 0. The van der Waals surface area contributed by atoms with Gasteiger partial charge in [-0.05, 0) is 89.6 Å². The highest BCUT2D eigenvalue weighted by molar-refractivity contribution is 6.11. The van der Waals surface area contributed by atoms with Crippen LogP contribution in [0.15, 0.2) is 146 Å². The van der Waals surface area contributed by atoms with Crippen LogP contribution >= 0.6 is 0 Å². The molecule has 0 bridgehead atoms. The zero-order valence-corrected chi connectivity index (χ0v) is 22.8. The van der Waals surface area contributed by atoms with Crippen molar-refractivity contribution < 1.29 is 10.2 Å². The van der Waals surface area contributed by atoms with Gasteiger partial charge in [0.2, 0.25) is 0 Å². The van der Waals surface area contributed by atoms with Gasteiger partial charge in [0.25, 0.3) is 0 Å². The van der Waals surface area contributed by atoms with Crippen molar-refractivity contribution in [3.05, 3.63) is 146 Å². The van der Waals surface area contributed by atoms with E-state index in [1.54, 1.807) is 12.1 Å². The van der Waals surface area contributed by atoms with Crippen molar-refractivity contribution >= 4 is 43.1 Å². The molecule has 2 heteroatoms. The normalized spacial score (nSPS) is 11.5. The molecule has 0 aliphatic carbocycles. The number of aromatic hydroxyl groups is 2. The van der Waals surface area contributed by atoms with Crippen LogP contribution in [0, 0.1) is 0 Å². The first-order valence-corrected chi connectivity index (χ1v) is 14.1. The molecule has 42 heavy (non-hydrogen) atoms. The fourth-order valence-corrected chi connectivity index (χ4v) is 6.45. The molecule has 0 fully saturated rings. The molecule has 0 saturated carbocycles. The van der Waals surface area contributed by atoms with Gasteiger partial charge in [-0.25, -0.2) is 0 Å². The van der Waals surface area contributed by atoms with Crippen LogP contribution in [0.2, 0.25) is 0 Å². The van der Waals surface area contributed by atoms with Gasteiger partial charge in [0.15, 0.2) is 0 Å². The first kappa shape index (κ1) is 24.2. The summed E-state index contributed by atoms with van der Waals surface area (Å²) in [5.41, 5.74) is 5.82. The molecule has 0 spiro atoms. The van der Waals surface area contributed by atoms with Crippen molar-refractivity contribution in [2.45, 2.75) is 0 Å². The van der Waals surface area contributed by atoms with Crippen LogP contribution < -0.4 is 0 Å². The Bertz CT molecular complexity index is 2150. The fourth-order valence-electron chi connectivity index (χ4n) is 6.45. The average molecular weight is 539 g/mol. The third-order valence-electron chi connectivity index (χ3n) is 8.45. The number of hydrogen-bond acceptors (Lipinski definition) is 2. The summed E-state index contributed by atoms with van der Waals surface area (Å²) in [5.74, 6) is 0.280. The highest BCUT2D eigenvalue weighted by Crippen LogP contribution is 2.46. The van der Waals surface area contributed by atoms with Crippen molar-refractivity contribution in [3.63, 3.8) is 0 Å². The maximum atomic E-state index is 11.2. The summed E-state index contributed by atoms with van der Waals surface area (Å²) in [6.07, 6.45) is 0. The molecular formula is C40H26O2. The largest absolute Gasteiger partial charge is 0.507 e. The van der Waals surface area contributed by atoms with E-state index in [4.69, 9.17) is 0 Å². The Balaban J connectivity index is 1.31. The van der Waals surface area contributed by atoms with E-state index < -0.39 is 0 Å². The van der Waals surface area contributed by atoms with Crippen LogP contribution in [0.3, 0.4) is 0 Å². The minimum absolute atomic E-state index is 0.140. The molecule has 0 unspecified atom stereocenters. The van der Waals surface area contributed by atoms with Gasteiger partial charge in [-0.2, -0.15) is 0 Å². The van der Waals surface area contributed by atoms with Gasteiger partial charge in [-0.15, -0.1) is 0 Å². The number of phenols is 2. The van der Waals surface area contributed by atoms with Gasteiger partial charge in [0.05, 0.1) is 0 Å². The van der Waals surface area contributed by atoms with Crippen LogP contribution in [0.1, 0.15) is 0 Å². The van der Waals surface area contributed by atoms with E-state index in [1.165, 1.54) is 32.7 Å². The van der Waals surface area contributed by atoms with E-state index in [0.717, 1.165) is 32.7 Å². The van der Waals surface area contributed by atoms with Crippen LogP contribution in [-0.2, 0) is 0 Å². The van der Waals surface area contributed by atoms with Crippen molar-refractivity contribution in [2.24, 2.45) is 0 Å². The van der Waals surface area contributed by atoms with Gasteiger partial charge in [0, 0.05) is 11.1 Å². The molecule has 0 heterocycles. The Labute approximate surface area is 243 Å². The van der Waals surface area contributed by atoms with Crippen LogP contribution in [0.5, 0.6) is 11.5 Å². The van der Waals surface area contributed by atoms with Gasteiger partial charge in [-0.3, -0.25) is 0 Å². The molecule has 0 amide bonds. The molecule has 0 aromatic heterocycles. The second-order valence-electron chi connectivity index (χ2n) is 10.8. The maximum absolute atomic E-state index is 11.2. The second-order valence-corrected chi connectivity index (χ2v) is 10.8. The number of rotatable bonds is 3. The zero-order chi connectivity index (χ0) is 28.2. The van der Waals surface area contributed by atoms with E-state index >= 15 is 0 Å². The summed E-state index contributed by atoms with van der Waals surface area (Å²) in [6.45, 7) is 0. The minimum Gasteiger partial charge on any atom is -0.507 e. The second kappa shape index (κ2) is 9.50. The van der Waals surface area contributed by atoms with Crippen LogP contribution in [0.4, 0.5) is 0 Å². The van der Waals surface area contributed by atoms with Crippen LogP contribution in [-0.4, -0.2) is 10.2 Å². The summed E-state index contributed by atoms with van der Waals surface area (Å²) in [6, 6.07) is 49.6. The molecule has 0 atom stereocenters. The van der Waals surface area contributed by atoms with E-state index in [0.29, 0.717) is 11.1 Å². The maximum Gasteiger partial charge on any atom is 0.124 e. The Morgan fingerprint density at radius 1 is 0.310 bits per heavy atom. The zero-order valence-electron chi connectivity index (χ0n) is 22.8. The van der Waals surface area contributed by atoms with Gasteiger partial charge >= 0.3 is 0 Å². The van der Waals surface area contributed by atoms with Gasteiger partial charge in [-0.1, -0.05) is 121 Å². The number of phenolic OH excluding ortho intramolecular Hbond substituents is 2. The first-order chi connectivity index (χ1) is 20.7. The number of fused-ring (bicyclic) bond motifs is 4. The monoisotopic (exact) mass is 538 g/mol. The summed E-state index contributed by atoms with van der Waals surface area (Å²) in [4.78, 5) is 0. The molecule has 2 nitrogen and oxygen atoms in total. The molecule has 0 aliphatic heterocycles. The smallest absolute Gasteiger partial charge is 0.124 e. The topological polar surface area (TPSA) is 40.5 Å². The highest BCUT2D eigenvalue weighted by atomic mass is 16.3. The van der Waals surface area contributed by atoms with Crippen molar-refractivity contribution in [3.8, 4) is 44.9 Å². The highest BCUT2D eigenvalue weighted by Gasteiger charge is 2.18. The Morgan fingerprint density at radius 3 is 1.21 bits per heavy atom. The summed E-state index contributed by atoms with van der Waals surface area (Å²) in [5, 5.41) is 31.0. The predicted molar refractivity (Wildman–Crippen MR) is 176 cm³/mol. The molecule has 0 saturated heterocycles. The first-order valence-electron chi connectivity index (χ1n) is 14.1. The summed E-state index contributed by atoms with van der Waals surface area (Å²) >= 11 is 0. The molecule has 8 rings (SSSR count). The standard InChI is InChI=1S/C40H26O2/c41-37-21-17-29-23-27(33-13-5-9-25-7-1-3-11-31(25)33)15-19-35(29)39(37)40-36-20-16-28(24-30(36)18-22-38(40)42)34-14-6-10-26-8-2-4-12-32(26)34/h1-24,41-42H. The lowest BCUT2D eigenvalue weighted by Gasteiger charge is -2.16. The van der Waals surface area contributed by atoms with E-state index in [1.807, 2.05) is 12.1 Å². The lowest BCUT2D eigenvalue weighted by Crippen LogP contribution is -1.89. The van der Waals surface area contributed by atoms with Crippen LogP contribution in [0.25, 0.3) is 76.5 Å². The van der Waals surface area contributed by atoms with Crippen molar-refractivity contribution in [1.82, 2.24) is 0 Å². The minimum atomic E-state index is 0.140. The van der Waals surface area contributed by atoms with Gasteiger partial charge in [0.1, 0.15) is 11.5 Å². The van der Waals surface area contributed by atoms with Crippen molar-refractivity contribution in [2.75, 3.05) is 0 Å². The Kier molecular flexibility index (Phi) is 5.48. The SMILES string of the molecule is Oc1ccc2cc(-c3cccc4ccccc34)ccc2c1-c1c(O)ccc2cc(-c3cccc4ccccc34)ccc12. The van der Waals surface area contributed by atoms with E-state index in [-0.39, 0.29) is 11.5 Å². The third kappa shape index (κ3) is 3.81. The lowest BCUT2D eigenvalue weighted by molar-refractivity contribution is 0.470. The fraction of sp³-hybridized carbons (Fsp3) is 0. The van der Waals surface area contributed by atoms with Crippen molar-refractivity contribution in [1.29, 1.82) is 0 Å². The number of hydrogen-bond donors (Lipinski definition) is 2. The van der Waals surface area contributed by atoms with Gasteiger partial charge < -0.3 is 10.2 Å². The van der Waals surface area contributed by atoms with E-state index in [9.17, 15) is 10.2 Å². The molecule has 8 aromatic carbocycles. The lowest BCUT2D eigenvalue weighted by atomic mass is 9.89. The third-order valence-corrected chi connectivity index (χ3v) is 8.45. The molecular weight excluding hydrogens is 512 g/mol. The molecule has 8 aromatic rings. The molecule has 0 radical (unpaired) electrons. The Morgan fingerprint density at radius 2 is 0.738 bits per heavy atom. The number of benzene rings is 8. The molecule has 2 N–H and O–H groups in total.